The Kier molecular flexibility index (Phi) is 9.60. The van der Waals surface area contributed by atoms with E-state index in [9.17, 15) is 28.2 Å². The van der Waals surface area contributed by atoms with E-state index in [1.54, 1.807) is 43.3 Å². The fraction of sp³-hybridized carbons (Fsp3) is 0.362. The van der Waals surface area contributed by atoms with Crippen LogP contribution in [0.25, 0.3) is 0 Å². The van der Waals surface area contributed by atoms with Crippen LogP contribution in [0.2, 0.25) is 0 Å². The molecule has 0 saturated heterocycles. The Hall–Kier alpha value is -4.71. The van der Waals surface area contributed by atoms with Crippen molar-refractivity contribution in [2.24, 2.45) is 29.1 Å². The maximum atomic E-state index is 14.1. The molecule has 296 valence electrons. The molecule has 2 saturated carbocycles. The molecule has 4 aliphatic carbocycles. The number of ketones is 1. The van der Waals surface area contributed by atoms with Gasteiger partial charge in [-0.1, -0.05) is 135 Å². The van der Waals surface area contributed by atoms with Crippen molar-refractivity contribution in [2.45, 2.75) is 56.0 Å². The largest absolute Gasteiger partial charge is 0.454 e. The number of fused-ring (bicyclic) bond motifs is 5. The minimum atomic E-state index is -3.92. The van der Waals surface area contributed by atoms with E-state index >= 15 is 0 Å². The zero-order valence-electron chi connectivity index (χ0n) is 32.5. The van der Waals surface area contributed by atoms with E-state index in [1.165, 1.54) is 0 Å². The van der Waals surface area contributed by atoms with Gasteiger partial charge in [-0.25, -0.2) is 4.79 Å². The molecule has 0 amide bonds. The van der Waals surface area contributed by atoms with E-state index in [0.717, 1.165) is 22.9 Å². The quantitative estimate of drug-likeness (QED) is 0.0729. The van der Waals surface area contributed by atoms with Crippen LogP contribution < -0.4 is 0 Å². The Morgan fingerprint density at radius 2 is 1.33 bits per heavy atom. The monoisotopic (exact) mass is 788 g/mol. The maximum Gasteiger partial charge on any atom is 0.338 e. The molecule has 10 heteroatoms. The summed E-state index contributed by atoms with van der Waals surface area (Å²) in [5.74, 6) is -4.19. The number of benzene rings is 4. The summed E-state index contributed by atoms with van der Waals surface area (Å²) in [6.07, 6.45) is 4.57. The van der Waals surface area contributed by atoms with Gasteiger partial charge in [0.25, 0.3) is 10.1 Å². The highest BCUT2D eigenvalue weighted by Crippen LogP contribution is 2.77. The van der Waals surface area contributed by atoms with Gasteiger partial charge < -0.3 is 19.7 Å². The van der Waals surface area contributed by atoms with Crippen LogP contribution in [0, 0.1) is 29.1 Å². The average Bonchev–Trinajstić information content (AvgIpc) is 3.66. The van der Waals surface area contributed by atoms with E-state index < -0.39 is 73.4 Å². The fourth-order valence-electron chi connectivity index (χ4n) is 10.6. The molecular weight excluding hydrogens is 741 g/mol. The molecule has 9 nitrogen and oxygen atoms in total. The first-order valence-corrected chi connectivity index (χ1v) is 21.2. The van der Waals surface area contributed by atoms with Crippen molar-refractivity contribution >= 4 is 21.9 Å². The van der Waals surface area contributed by atoms with Gasteiger partial charge in [0, 0.05) is 29.6 Å². The Balaban J connectivity index is 1.28. The predicted octanol–water partition coefficient (Wildman–Crippen LogP) is 6.80. The van der Waals surface area contributed by atoms with Crippen LogP contribution in [0.4, 0.5) is 0 Å². The van der Waals surface area contributed by atoms with Gasteiger partial charge in [0.05, 0.1) is 30.6 Å². The number of ether oxygens (including phenoxy) is 2. The second kappa shape index (κ2) is 14.0. The molecule has 0 heterocycles. The van der Waals surface area contributed by atoms with Crippen LogP contribution in [-0.4, -0.2) is 66.7 Å². The van der Waals surface area contributed by atoms with Gasteiger partial charge in [0.15, 0.2) is 5.78 Å². The normalized spacial score (nSPS) is 31.9. The Morgan fingerprint density at radius 3 is 1.84 bits per heavy atom. The van der Waals surface area contributed by atoms with Gasteiger partial charge in [0.2, 0.25) is 0 Å². The highest BCUT2D eigenvalue weighted by atomic mass is 32.2. The van der Waals surface area contributed by atoms with Crippen molar-refractivity contribution in [3.05, 3.63) is 167 Å². The zero-order chi connectivity index (χ0) is 40.4. The summed E-state index contributed by atoms with van der Waals surface area (Å²) < 4.78 is 44.2. The lowest BCUT2D eigenvalue weighted by Crippen LogP contribution is -2.61. The van der Waals surface area contributed by atoms with E-state index in [4.69, 9.17) is 13.7 Å². The molecule has 4 aliphatic rings. The predicted molar refractivity (Wildman–Crippen MR) is 214 cm³/mol. The van der Waals surface area contributed by atoms with Gasteiger partial charge in [-0.05, 0) is 59.2 Å². The summed E-state index contributed by atoms with van der Waals surface area (Å²) in [5, 5.41) is 25.9. The van der Waals surface area contributed by atoms with Crippen LogP contribution in [0.1, 0.15) is 60.7 Å². The lowest BCUT2D eigenvalue weighted by molar-refractivity contribution is -0.177. The first-order valence-electron chi connectivity index (χ1n) is 19.4. The topological polar surface area (TPSA) is 136 Å². The molecule has 2 N–H and O–H groups in total. The highest BCUT2D eigenvalue weighted by molar-refractivity contribution is 7.86. The number of hydrogen-bond donors (Lipinski definition) is 2. The first kappa shape index (κ1) is 39.1. The summed E-state index contributed by atoms with van der Waals surface area (Å²) in [6.45, 7) is 4.96. The Morgan fingerprint density at radius 1 is 0.825 bits per heavy atom. The molecule has 0 bridgehead atoms. The van der Waals surface area contributed by atoms with Gasteiger partial charge in [-0.15, -0.1) is 0 Å². The van der Waals surface area contributed by atoms with Gasteiger partial charge in [-0.3, -0.25) is 8.98 Å². The molecule has 57 heavy (non-hydrogen) atoms. The molecule has 4 aromatic rings. The standard InChI is InChI=1S/C47H48O9S/c1-31-25-39-44(50,41(31)48)28-33(29-54-47(35-19-11-6-12-20-35,36-21-13-7-14-22-36)37-23-15-8-16-24-37)26-38-40-43(3,30-55-57(4,52)53)45(40,27-32(2)46(38,39)51)56-42(49)34-17-9-5-10-18-34/h5-26,32,38-40,50-51H,27-30H2,1-4H3/t32-,38+,39-,40+,43?,44-,45+,46-/m1/s1. The number of aliphatic hydroxyl groups is 2. The first-order chi connectivity index (χ1) is 27.1. The molecule has 0 spiro atoms. The number of carbonyl (C=O) groups is 2. The Labute approximate surface area is 334 Å². The van der Waals surface area contributed by atoms with Crippen molar-refractivity contribution in [3.8, 4) is 0 Å². The summed E-state index contributed by atoms with van der Waals surface area (Å²) in [5.41, 5.74) is -3.33. The molecule has 8 rings (SSSR count). The third kappa shape index (κ3) is 6.15. The van der Waals surface area contributed by atoms with Crippen LogP contribution in [0.15, 0.2) is 145 Å². The van der Waals surface area contributed by atoms with Crippen molar-refractivity contribution in [2.75, 3.05) is 19.5 Å². The molecule has 8 atom stereocenters. The van der Waals surface area contributed by atoms with Crippen LogP contribution in [-0.2, 0) is 34.2 Å². The summed E-state index contributed by atoms with van der Waals surface area (Å²) in [7, 11) is -3.92. The SMILES string of the molecule is CC1=C[C@H]2[C@@]3(O)[C@H](C)C[C@]4(OC(=O)c5ccccc5)[C@@H]([C@@H]3C=C(COC(c3ccccc3)(c3ccccc3)c3ccccc3)C[C@]2(O)C1=O)C4(C)COS(C)(=O)=O. The molecule has 4 aromatic carbocycles. The second-order valence-electron chi connectivity index (χ2n) is 16.7. The lowest BCUT2D eigenvalue weighted by atomic mass is 9.60. The molecule has 2 fully saturated rings. The fourth-order valence-corrected chi connectivity index (χ4v) is 11.1. The third-order valence-electron chi connectivity index (χ3n) is 13.3. The number of carbonyl (C=O) groups excluding carboxylic acids is 2. The maximum absolute atomic E-state index is 14.1. The molecule has 0 radical (unpaired) electrons. The van der Waals surface area contributed by atoms with Crippen LogP contribution >= 0.6 is 0 Å². The van der Waals surface area contributed by atoms with Crippen LogP contribution in [0.5, 0.6) is 0 Å². The van der Waals surface area contributed by atoms with Gasteiger partial charge in [0.1, 0.15) is 16.8 Å². The minimum Gasteiger partial charge on any atom is -0.454 e. The molecule has 0 aliphatic heterocycles. The van der Waals surface area contributed by atoms with Crippen molar-refractivity contribution in [3.63, 3.8) is 0 Å². The smallest absolute Gasteiger partial charge is 0.338 e. The summed E-state index contributed by atoms with van der Waals surface area (Å²) in [4.78, 5) is 28.0. The van der Waals surface area contributed by atoms with E-state index in [0.29, 0.717) is 16.7 Å². The zero-order valence-corrected chi connectivity index (χ0v) is 33.3. The molecule has 1 unspecified atom stereocenters. The van der Waals surface area contributed by atoms with Gasteiger partial charge >= 0.3 is 5.97 Å². The summed E-state index contributed by atoms with van der Waals surface area (Å²) in [6, 6.07) is 38.2. The van der Waals surface area contributed by atoms with Crippen molar-refractivity contribution in [1.82, 2.24) is 0 Å². The lowest BCUT2D eigenvalue weighted by Gasteiger charge is -2.50. The van der Waals surface area contributed by atoms with Crippen LogP contribution in [0.3, 0.4) is 0 Å². The number of hydrogen-bond acceptors (Lipinski definition) is 9. The number of Topliss-reactive ketones (excluding diaryl/α,β-unsaturated/α-hetero) is 1. The third-order valence-corrected chi connectivity index (χ3v) is 13.9. The summed E-state index contributed by atoms with van der Waals surface area (Å²) >= 11 is 0. The van der Waals surface area contributed by atoms with Crippen molar-refractivity contribution in [1.29, 1.82) is 0 Å². The average molecular weight is 789 g/mol. The second-order valence-corrected chi connectivity index (χ2v) is 18.3. The van der Waals surface area contributed by atoms with E-state index in [1.807, 2.05) is 111 Å². The number of rotatable bonds is 11. The highest BCUT2D eigenvalue weighted by Gasteiger charge is 2.85. The number of esters is 1. The minimum absolute atomic E-state index is 0.0545. The van der Waals surface area contributed by atoms with Gasteiger partial charge in [-0.2, -0.15) is 8.42 Å². The Bertz CT molecular complexity index is 2250. The molecule has 0 aromatic heterocycles. The molecular formula is C47H48O9S. The van der Waals surface area contributed by atoms with E-state index in [2.05, 4.69) is 0 Å². The van der Waals surface area contributed by atoms with Crippen molar-refractivity contribution < 1.29 is 41.9 Å². The van der Waals surface area contributed by atoms with E-state index in [-0.39, 0.29) is 26.1 Å².